The van der Waals surface area contributed by atoms with Gasteiger partial charge in [0.1, 0.15) is 12.4 Å². The van der Waals surface area contributed by atoms with Crippen LogP contribution in [0.5, 0.6) is 0 Å². The molecular weight excluding hydrogens is 188 g/mol. The Balaban J connectivity index is 2.28. The minimum Gasteiger partial charge on any atom is -0.479 e. The van der Waals surface area contributed by atoms with E-state index >= 15 is 0 Å². The molecule has 0 fully saturated rings. The molecule has 1 aliphatic heterocycles. The van der Waals surface area contributed by atoms with Crippen LogP contribution in [0, 0.1) is 12.3 Å². The molecule has 0 radical (unpaired) electrons. The molecule has 1 N–H and O–H groups in total. The van der Waals surface area contributed by atoms with Crippen molar-refractivity contribution < 1.29 is 4.74 Å². The van der Waals surface area contributed by atoms with Gasteiger partial charge in [0.15, 0.2) is 0 Å². The molecule has 74 valence electrons. The number of benzene rings is 1. The zero-order valence-corrected chi connectivity index (χ0v) is 8.10. The number of nitrogens with one attached hydrogen (secondary N) is 1. The number of ether oxygens (including phenoxy) is 1. The van der Waals surface area contributed by atoms with Crippen molar-refractivity contribution in [1.82, 2.24) is 0 Å². The largest absolute Gasteiger partial charge is 0.479 e. The molecule has 0 aliphatic carbocycles. The van der Waals surface area contributed by atoms with Gasteiger partial charge in [0.2, 0.25) is 0 Å². The maximum Gasteiger partial charge on any atom is 0.148 e. The second kappa shape index (κ2) is 4.34. The van der Waals surface area contributed by atoms with Gasteiger partial charge in [0, 0.05) is 5.56 Å². The van der Waals surface area contributed by atoms with Crippen LogP contribution >= 0.6 is 0 Å². The average Bonchev–Trinajstić information content (AvgIpc) is 2.47. The summed E-state index contributed by atoms with van der Waals surface area (Å²) in [7, 11) is 0. The van der Waals surface area contributed by atoms with Crippen LogP contribution in [0.2, 0.25) is 0 Å². The van der Waals surface area contributed by atoms with Crippen molar-refractivity contribution in [3.8, 4) is 12.3 Å². The van der Waals surface area contributed by atoms with Crippen LogP contribution in [0.3, 0.4) is 0 Å². The lowest BCUT2D eigenvalue weighted by molar-refractivity contribution is 0.280. The van der Waals surface area contributed by atoms with Gasteiger partial charge in [-0.1, -0.05) is 24.1 Å². The Kier molecular flexibility index (Phi) is 2.70. The summed E-state index contributed by atoms with van der Waals surface area (Å²) in [6.45, 7) is 0.250. The standard InChI is InChI=1S/C12H10N2O/c1-2-7-15-11-8-10-5-3-4-6-12(10)14-13-9-11/h1,3-6,8-9,14H,7H2. The maximum atomic E-state index is 5.30. The van der Waals surface area contributed by atoms with E-state index in [9.17, 15) is 0 Å². The Morgan fingerprint density at radius 2 is 2.27 bits per heavy atom. The monoisotopic (exact) mass is 198 g/mol. The van der Waals surface area contributed by atoms with Crippen LogP contribution in [-0.2, 0) is 4.74 Å². The Morgan fingerprint density at radius 3 is 3.13 bits per heavy atom. The van der Waals surface area contributed by atoms with Crippen molar-refractivity contribution in [2.45, 2.75) is 0 Å². The van der Waals surface area contributed by atoms with Crippen LogP contribution in [0.1, 0.15) is 5.56 Å². The zero-order chi connectivity index (χ0) is 10.5. The van der Waals surface area contributed by atoms with Crippen molar-refractivity contribution in [2.75, 3.05) is 12.0 Å². The van der Waals surface area contributed by atoms with E-state index in [2.05, 4.69) is 16.4 Å². The molecule has 0 spiro atoms. The summed E-state index contributed by atoms with van der Waals surface area (Å²) in [5.74, 6) is 3.07. The number of nitrogens with zero attached hydrogens (tertiary/aromatic N) is 1. The van der Waals surface area contributed by atoms with Crippen LogP contribution in [0.25, 0.3) is 6.08 Å². The van der Waals surface area contributed by atoms with Gasteiger partial charge in [-0.15, -0.1) is 6.42 Å². The number of hydrazone groups is 1. The summed E-state index contributed by atoms with van der Waals surface area (Å²) in [6.07, 6.45) is 8.62. The molecule has 2 rings (SSSR count). The van der Waals surface area contributed by atoms with Crippen molar-refractivity contribution >= 4 is 18.0 Å². The molecule has 1 heterocycles. The summed E-state index contributed by atoms with van der Waals surface area (Å²) in [5, 5.41) is 4.01. The quantitative estimate of drug-likeness (QED) is 0.738. The summed E-state index contributed by atoms with van der Waals surface area (Å²) < 4.78 is 5.30. The van der Waals surface area contributed by atoms with E-state index in [0.29, 0.717) is 5.76 Å². The van der Waals surface area contributed by atoms with Gasteiger partial charge in [-0.2, -0.15) is 5.10 Å². The first-order valence-electron chi connectivity index (χ1n) is 4.56. The molecule has 15 heavy (non-hydrogen) atoms. The number of terminal acetylenes is 1. The fourth-order valence-electron chi connectivity index (χ4n) is 1.28. The SMILES string of the molecule is C#CCOC1=Cc2ccccc2NN=C1. The lowest BCUT2D eigenvalue weighted by Crippen LogP contribution is -1.93. The number of anilines is 1. The number of fused-ring (bicyclic) bond motifs is 1. The third-order valence-corrected chi connectivity index (χ3v) is 1.96. The summed E-state index contributed by atoms with van der Waals surface area (Å²) in [6, 6.07) is 7.84. The molecular formula is C12H10N2O. The highest BCUT2D eigenvalue weighted by Crippen LogP contribution is 2.20. The Hall–Kier alpha value is -2.21. The molecule has 0 bridgehead atoms. The average molecular weight is 198 g/mol. The molecule has 3 nitrogen and oxygen atoms in total. The summed E-state index contributed by atoms with van der Waals surface area (Å²) in [5.41, 5.74) is 4.90. The smallest absolute Gasteiger partial charge is 0.148 e. The van der Waals surface area contributed by atoms with E-state index in [1.807, 2.05) is 30.3 Å². The van der Waals surface area contributed by atoms with Gasteiger partial charge >= 0.3 is 0 Å². The number of para-hydroxylation sites is 1. The topological polar surface area (TPSA) is 33.6 Å². The maximum absolute atomic E-state index is 5.30. The Morgan fingerprint density at radius 1 is 1.40 bits per heavy atom. The zero-order valence-electron chi connectivity index (χ0n) is 8.10. The minimum atomic E-state index is 0.250. The lowest BCUT2D eigenvalue weighted by Gasteiger charge is -2.02. The molecule has 1 aliphatic rings. The van der Waals surface area contributed by atoms with E-state index < -0.39 is 0 Å². The number of hydrogen-bond donors (Lipinski definition) is 1. The minimum absolute atomic E-state index is 0.250. The molecule has 0 aromatic heterocycles. The van der Waals surface area contributed by atoms with E-state index in [1.54, 1.807) is 6.21 Å². The van der Waals surface area contributed by atoms with Crippen molar-refractivity contribution in [2.24, 2.45) is 5.10 Å². The van der Waals surface area contributed by atoms with Gasteiger partial charge in [-0.05, 0) is 12.1 Å². The van der Waals surface area contributed by atoms with E-state index in [4.69, 9.17) is 11.2 Å². The van der Waals surface area contributed by atoms with Crippen molar-refractivity contribution in [3.63, 3.8) is 0 Å². The van der Waals surface area contributed by atoms with Crippen LogP contribution in [-0.4, -0.2) is 12.8 Å². The van der Waals surface area contributed by atoms with E-state index in [-0.39, 0.29) is 6.61 Å². The van der Waals surface area contributed by atoms with E-state index in [0.717, 1.165) is 11.3 Å². The normalized spacial score (nSPS) is 12.9. The number of allylic oxidation sites excluding steroid dienone is 1. The van der Waals surface area contributed by atoms with Crippen LogP contribution in [0.15, 0.2) is 35.1 Å². The van der Waals surface area contributed by atoms with Crippen molar-refractivity contribution in [1.29, 1.82) is 0 Å². The van der Waals surface area contributed by atoms with E-state index in [1.165, 1.54) is 0 Å². The van der Waals surface area contributed by atoms with Gasteiger partial charge in [0.05, 0.1) is 11.9 Å². The molecule has 0 atom stereocenters. The first-order chi connectivity index (χ1) is 7.40. The summed E-state index contributed by atoms with van der Waals surface area (Å²) >= 11 is 0. The number of rotatable bonds is 2. The Labute approximate surface area is 88.5 Å². The molecule has 3 heteroatoms. The predicted molar refractivity (Wildman–Crippen MR) is 61.3 cm³/mol. The molecule has 1 aromatic carbocycles. The second-order valence-corrected chi connectivity index (χ2v) is 3.00. The van der Waals surface area contributed by atoms with Gasteiger partial charge in [-0.3, -0.25) is 5.43 Å². The van der Waals surface area contributed by atoms with Gasteiger partial charge < -0.3 is 4.74 Å². The van der Waals surface area contributed by atoms with Gasteiger partial charge in [0.25, 0.3) is 0 Å². The molecule has 0 unspecified atom stereocenters. The molecule has 0 saturated heterocycles. The lowest BCUT2D eigenvalue weighted by atomic mass is 10.1. The summed E-state index contributed by atoms with van der Waals surface area (Å²) in [4.78, 5) is 0. The van der Waals surface area contributed by atoms with Crippen LogP contribution < -0.4 is 5.43 Å². The van der Waals surface area contributed by atoms with Crippen molar-refractivity contribution in [3.05, 3.63) is 35.6 Å². The highest BCUT2D eigenvalue weighted by Gasteiger charge is 2.03. The first kappa shape index (κ1) is 9.35. The highest BCUT2D eigenvalue weighted by molar-refractivity contribution is 5.87. The van der Waals surface area contributed by atoms with Crippen LogP contribution in [0.4, 0.5) is 5.69 Å². The third kappa shape index (κ3) is 2.18. The first-order valence-corrected chi connectivity index (χ1v) is 4.56. The number of hydrogen-bond acceptors (Lipinski definition) is 3. The highest BCUT2D eigenvalue weighted by atomic mass is 16.5. The molecule has 1 aromatic rings. The third-order valence-electron chi connectivity index (χ3n) is 1.96. The molecule has 0 amide bonds. The fourth-order valence-corrected chi connectivity index (χ4v) is 1.28. The van der Waals surface area contributed by atoms with Gasteiger partial charge in [-0.25, -0.2) is 0 Å². The fraction of sp³-hybridized carbons (Fsp3) is 0.0833. The predicted octanol–water partition coefficient (Wildman–Crippen LogP) is 2.09. The second-order valence-electron chi connectivity index (χ2n) is 3.00. The Bertz CT molecular complexity index is 455. The molecule has 0 saturated carbocycles.